The van der Waals surface area contributed by atoms with Crippen LogP contribution in [0.1, 0.15) is 5.69 Å². The lowest BCUT2D eigenvalue weighted by atomic mass is 10.4. The van der Waals surface area contributed by atoms with Crippen LogP contribution in [0.25, 0.3) is 0 Å². The third-order valence-electron chi connectivity index (χ3n) is 0.898. The van der Waals surface area contributed by atoms with Crippen molar-refractivity contribution in [3.8, 4) is 0 Å². The summed E-state index contributed by atoms with van der Waals surface area (Å²) >= 11 is 5.48. The highest BCUT2D eigenvalue weighted by Crippen LogP contribution is 2.12. The molecule has 0 aromatic carbocycles. The zero-order valence-corrected chi connectivity index (χ0v) is 6.91. The second kappa shape index (κ2) is 3.58. The number of rotatable bonds is 0. The summed E-state index contributed by atoms with van der Waals surface area (Å²) < 4.78 is 0. The van der Waals surface area contributed by atoms with Gasteiger partial charge in [0.25, 0.3) is 0 Å². The molecule has 0 aliphatic heterocycles. The normalized spacial score (nSPS) is 8.60. The summed E-state index contributed by atoms with van der Waals surface area (Å²) in [5.41, 5.74) is 6.64. The van der Waals surface area contributed by atoms with Crippen molar-refractivity contribution in [2.75, 3.05) is 5.73 Å². The van der Waals surface area contributed by atoms with E-state index in [2.05, 4.69) is 10.2 Å². The molecule has 1 aromatic heterocycles. The van der Waals surface area contributed by atoms with Crippen molar-refractivity contribution in [3.05, 3.63) is 16.9 Å². The molecule has 0 unspecified atom stereocenters. The molecule has 0 aliphatic rings. The van der Waals surface area contributed by atoms with Crippen LogP contribution in [0.3, 0.4) is 0 Å². The Bertz CT molecular complexity index is 226. The molecular weight excluding hydrogens is 173 g/mol. The minimum atomic E-state index is 0. The van der Waals surface area contributed by atoms with E-state index in [0.29, 0.717) is 5.69 Å². The minimum absolute atomic E-state index is 0. The number of nitrogens with two attached hydrogens (primary N) is 1. The zero-order valence-electron chi connectivity index (χ0n) is 5.34. The maximum Gasteiger partial charge on any atom is 0.174 e. The van der Waals surface area contributed by atoms with Crippen molar-refractivity contribution in [3.63, 3.8) is 0 Å². The van der Waals surface area contributed by atoms with Crippen molar-refractivity contribution in [1.82, 2.24) is 10.2 Å². The van der Waals surface area contributed by atoms with E-state index in [1.165, 1.54) is 0 Å². The van der Waals surface area contributed by atoms with Crippen molar-refractivity contribution >= 4 is 29.7 Å². The molecule has 3 nitrogen and oxygen atoms in total. The average molecular weight is 180 g/mol. The Hall–Kier alpha value is -0.540. The van der Waals surface area contributed by atoms with Gasteiger partial charge < -0.3 is 5.73 Å². The monoisotopic (exact) mass is 179 g/mol. The molecule has 0 bridgehead atoms. The standard InChI is InChI=1S/C5H6ClN3.ClH/c1-3-2-4(7)5(6)9-8-3;/h2H,1H3,(H2,7,8);1H. The van der Waals surface area contributed by atoms with Crippen molar-refractivity contribution < 1.29 is 0 Å². The van der Waals surface area contributed by atoms with E-state index in [4.69, 9.17) is 17.3 Å². The number of aryl methyl sites for hydroxylation is 1. The predicted molar refractivity (Wildman–Crippen MR) is 43.4 cm³/mol. The molecule has 1 aromatic rings. The van der Waals surface area contributed by atoms with E-state index >= 15 is 0 Å². The van der Waals surface area contributed by atoms with Crippen molar-refractivity contribution in [2.24, 2.45) is 0 Å². The Labute approximate surface area is 70.0 Å². The first-order valence-electron chi connectivity index (χ1n) is 2.45. The molecule has 0 spiro atoms. The molecule has 0 aliphatic carbocycles. The number of hydrogen-bond donors (Lipinski definition) is 1. The number of halogens is 2. The fraction of sp³-hybridized carbons (Fsp3) is 0.200. The van der Waals surface area contributed by atoms with Crippen LogP contribution < -0.4 is 5.73 Å². The predicted octanol–water partition coefficient (Wildman–Crippen LogP) is 1.44. The molecular formula is C5H7Cl2N3. The molecule has 1 heterocycles. The molecule has 2 N–H and O–H groups in total. The molecule has 1 rings (SSSR count). The third kappa shape index (κ3) is 2.01. The first-order chi connectivity index (χ1) is 4.20. The minimum Gasteiger partial charge on any atom is -0.396 e. The Balaban J connectivity index is 0.000000810. The lowest BCUT2D eigenvalue weighted by Crippen LogP contribution is -1.93. The summed E-state index contributed by atoms with van der Waals surface area (Å²) in [6.07, 6.45) is 0. The fourth-order valence-electron chi connectivity index (χ4n) is 0.494. The summed E-state index contributed by atoms with van der Waals surface area (Å²) in [4.78, 5) is 0. The molecule has 56 valence electrons. The van der Waals surface area contributed by atoms with E-state index in [-0.39, 0.29) is 17.6 Å². The van der Waals surface area contributed by atoms with Gasteiger partial charge in [0.05, 0.1) is 11.4 Å². The molecule has 0 amide bonds. The number of aromatic nitrogens is 2. The maximum absolute atomic E-state index is 5.48. The van der Waals surface area contributed by atoms with Gasteiger partial charge in [0.15, 0.2) is 5.15 Å². The summed E-state index contributed by atoms with van der Waals surface area (Å²) in [7, 11) is 0. The maximum atomic E-state index is 5.48. The summed E-state index contributed by atoms with van der Waals surface area (Å²) in [6, 6.07) is 1.68. The smallest absolute Gasteiger partial charge is 0.174 e. The Morgan fingerprint density at radius 1 is 1.50 bits per heavy atom. The number of nitrogen functional groups attached to an aromatic ring is 1. The van der Waals surface area contributed by atoms with Crippen molar-refractivity contribution in [2.45, 2.75) is 6.92 Å². The van der Waals surface area contributed by atoms with Gasteiger partial charge in [-0.2, -0.15) is 5.10 Å². The van der Waals surface area contributed by atoms with Gasteiger partial charge in [-0.15, -0.1) is 17.5 Å². The van der Waals surface area contributed by atoms with Crippen LogP contribution in [-0.4, -0.2) is 10.2 Å². The molecule has 0 fully saturated rings. The average Bonchev–Trinajstić information content (AvgIpc) is 1.80. The van der Waals surface area contributed by atoms with Crippen LogP contribution in [0.5, 0.6) is 0 Å². The number of hydrogen-bond acceptors (Lipinski definition) is 3. The van der Waals surface area contributed by atoms with E-state index < -0.39 is 0 Å². The summed E-state index contributed by atoms with van der Waals surface area (Å²) in [5, 5.41) is 7.51. The van der Waals surface area contributed by atoms with E-state index in [0.717, 1.165) is 5.69 Å². The topological polar surface area (TPSA) is 51.8 Å². The van der Waals surface area contributed by atoms with Crippen LogP contribution in [0.2, 0.25) is 5.15 Å². The second-order valence-corrected chi connectivity index (χ2v) is 2.09. The van der Waals surface area contributed by atoms with Gasteiger partial charge in [-0.25, -0.2) is 0 Å². The van der Waals surface area contributed by atoms with Crippen LogP contribution >= 0.6 is 24.0 Å². The van der Waals surface area contributed by atoms with Gasteiger partial charge in [-0.05, 0) is 13.0 Å². The van der Waals surface area contributed by atoms with Gasteiger partial charge in [0.1, 0.15) is 0 Å². The first-order valence-corrected chi connectivity index (χ1v) is 2.83. The molecule has 0 radical (unpaired) electrons. The number of anilines is 1. The van der Waals surface area contributed by atoms with Crippen LogP contribution in [0, 0.1) is 6.92 Å². The van der Waals surface area contributed by atoms with Crippen LogP contribution in [0.15, 0.2) is 6.07 Å². The van der Waals surface area contributed by atoms with Crippen molar-refractivity contribution in [1.29, 1.82) is 0 Å². The molecule has 5 heteroatoms. The quantitative estimate of drug-likeness (QED) is 0.657. The van der Waals surface area contributed by atoms with Gasteiger partial charge in [0, 0.05) is 0 Å². The molecule has 0 atom stereocenters. The first kappa shape index (κ1) is 9.46. The molecule has 0 saturated carbocycles. The summed E-state index contributed by atoms with van der Waals surface area (Å²) in [5.74, 6) is 0. The lowest BCUT2D eigenvalue weighted by Gasteiger charge is -1.93. The Kier molecular flexibility index (Phi) is 3.39. The summed E-state index contributed by atoms with van der Waals surface area (Å²) in [6.45, 7) is 1.81. The largest absolute Gasteiger partial charge is 0.396 e. The third-order valence-corrected chi connectivity index (χ3v) is 1.19. The SMILES string of the molecule is Cc1cc(N)c(Cl)nn1.Cl. The van der Waals surface area contributed by atoms with Gasteiger partial charge in [0.2, 0.25) is 0 Å². The number of nitrogens with zero attached hydrogens (tertiary/aromatic N) is 2. The Morgan fingerprint density at radius 3 is 2.50 bits per heavy atom. The molecule has 0 saturated heterocycles. The van der Waals surface area contributed by atoms with Gasteiger partial charge in [-0.1, -0.05) is 11.6 Å². The van der Waals surface area contributed by atoms with Gasteiger partial charge >= 0.3 is 0 Å². The van der Waals surface area contributed by atoms with E-state index in [1.807, 2.05) is 0 Å². The zero-order chi connectivity index (χ0) is 6.85. The Morgan fingerprint density at radius 2 is 2.10 bits per heavy atom. The highest BCUT2D eigenvalue weighted by molar-refractivity contribution is 6.31. The molecule has 10 heavy (non-hydrogen) atoms. The second-order valence-electron chi connectivity index (χ2n) is 1.73. The lowest BCUT2D eigenvalue weighted by molar-refractivity contribution is 0.984. The van der Waals surface area contributed by atoms with Gasteiger partial charge in [-0.3, -0.25) is 0 Å². The van der Waals surface area contributed by atoms with E-state index in [1.54, 1.807) is 13.0 Å². The van der Waals surface area contributed by atoms with E-state index in [9.17, 15) is 0 Å². The fourth-order valence-corrected chi connectivity index (χ4v) is 0.586. The van der Waals surface area contributed by atoms with Crippen LogP contribution in [-0.2, 0) is 0 Å². The van der Waals surface area contributed by atoms with Crippen LogP contribution in [0.4, 0.5) is 5.69 Å². The highest BCUT2D eigenvalue weighted by atomic mass is 35.5. The highest BCUT2D eigenvalue weighted by Gasteiger charge is 1.95.